The fourth-order valence-corrected chi connectivity index (χ4v) is 6.26. The van der Waals surface area contributed by atoms with E-state index in [0.717, 1.165) is 54.3 Å². The van der Waals surface area contributed by atoms with Gasteiger partial charge in [0.2, 0.25) is 0 Å². The van der Waals surface area contributed by atoms with Crippen LogP contribution in [0.2, 0.25) is 5.02 Å². The number of hydrogen-bond acceptors (Lipinski definition) is 2. The molecule has 37 heavy (non-hydrogen) atoms. The molecule has 1 spiro atoms. The molecule has 0 saturated heterocycles. The third-order valence-electron chi connectivity index (χ3n) is 8.23. The average molecular weight is 514 g/mol. The van der Waals surface area contributed by atoms with Crippen molar-refractivity contribution in [1.29, 1.82) is 0 Å². The Balaban J connectivity index is 1.19. The first-order valence-corrected chi connectivity index (χ1v) is 13.3. The lowest BCUT2D eigenvalue weighted by Gasteiger charge is -2.33. The van der Waals surface area contributed by atoms with E-state index in [9.17, 15) is 9.18 Å². The number of urea groups is 1. The molecule has 2 aliphatic carbocycles. The van der Waals surface area contributed by atoms with E-state index in [4.69, 9.17) is 11.6 Å². The normalized spacial score (nSPS) is 22.6. The van der Waals surface area contributed by atoms with Crippen LogP contribution in [0.25, 0.3) is 10.9 Å². The zero-order valence-corrected chi connectivity index (χ0v) is 21.3. The molecule has 188 valence electrons. The van der Waals surface area contributed by atoms with Crippen molar-refractivity contribution in [1.82, 2.24) is 9.88 Å². The van der Waals surface area contributed by atoms with Gasteiger partial charge in [0.25, 0.3) is 0 Å². The monoisotopic (exact) mass is 513 g/mol. The first-order valence-electron chi connectivity index (χ1n) is 12.9. The van der Waals surface area contributed by atoms with Crippen LogP contribution in [-0.4, -0.2) is 22.0 Å². The van der Waals surface area contributed by atoms with Gasteiger partial charge < -0.3 is 10.2 Å². The van der Waals surface area contributed by atoms with E-state index in [2.05, 4.69) is 28.5 Å². The molecule has 4 aromatic rings. The van der Waals surface area contributed by atoms with Gasteiger partial charge in [-0.05, 0) is 103 Å². The van der Waals surface area contributed by atoms with Gasteiger partial charge in [-0.1, -0.05) is 41.9 Å². The number of anilines is 1. The SMILES string of the molecule is O=C(Nc1ccc(Cl)cc1)N(Cc1ccccc1)C1CC12CCC(c1ccnc3ccc(F)cc13)CC2. The molecule has 0 aliphatic heterocycles. The lowest BCUT2D eigenvalue weighted by molar-refractivity contribution is 0.182. The smallest absolute Gasteiger partial charge is 0.317 e. The Kier molecular flexibility index (Phi) is 6.33. The molecule has 6 rings (SSSR count). The summed E-state index contributed by atoms with van der Waals surface area (Å²) in [6.45, 7) is 0.574. The Bertz CT molecular complexity index is 1420. The molecule has 4 nitrogen and oxygen atoms in total. The highest BCUT2D eigenvalue weighted by molar-refractivity contribution is 6.30. The molecule has 2 saturated carbocycles. The number of rotatable bonds is 5. The van der Waals surface area contributed by atoms with Crippen LogP contribution in [-0.2, 0) is 6.54 Å². The largest absolute Gasteiger partial charge is 0.322 e. The number of amides is 2. The highest BCUT2D eigenvalue weighted by Gasteiger charge is 2.58. The second-order valence-electron chi connectivity index (χ2n) is 10.5. The maximum atomic E-state index is 14.0. The van der Waals surface area contributed by atoms with E-state index in [1.165, 1.54) is 11.6 Å². The van der Waals surface area contributed by atoms with Crippen molar-refractivity contribution >= 4 is 34.2 Å². The van der Waals surface area contributed by atoms with Crippen LogP contribution in [0.4, 0.5) is 14.9 Å². The first-order chi connectivity index (χ1) is 18.0. The van der Waals surface area contributed by atoms with E-state index in [1.807, 2.05) is 41.4 Å². The lowest BCUT2D eigenvalue weighted by Crippen LogP contribution is -2.39. The number of carbonyl (C=O) groups excluding carboxylic acids is 1. The highest BCUT2D eigenvalue weighted by atomic mass is 35.5. The van der Waals surface area contributed by atoms with Gasteiger partial charge in [0.1, 0.15) is 5.82 Å². The number of pyridine rings is 1. The standard InChI is InChI=1S/C31H29ClFN3O/c32-23-6-9-25(10-7-23)35-30(37)36(20-21-4-2-1-3-5-21)29-19-31(29)15-12-22(13-16-31)26-14-17-34-28-11-8-24(33)18-27(26)28/h1-11,14,17-18,22,29H,12-13,15-16,19-20H2,(H,35,37). The van der Waals surface area contributed by atoms with Gasteiger partial charge in [0, 0.05) is 34.9 Å². The summed E-state index contributed by atoms with van der Waals surface area (Å²) < 4.78 is 14.0. The third-order valence-corrected chi connectivity index (χ3v) is 8.49. The predicted molar refractivity (Wildman–Crippen MR) is 146 cm³/mol. The van der Waals surface area contributed by atoms with Crippen molar-refractivity contribution < 1.29 is 9.18 Å². The van der Waals surface area contributed by atoms with Crippen molar-refractivity contribution in [3.8, 4) is 0 Å². The van der Waals surface area contributed by atoms with Crippen molar-refractivity contribution in [2.24, 2.45) is 5.41 Å². The van der Waals surface area contributed by atoms with Crippen LogP contribution >= 0.6 is 11.6 Å². The molecular formula is C31H29ClFN3O. The molecule has 2 aliphatic rings. The summed E-state index contributed by atoms with van der Waals surface area (Å²) in [7, 11) is 0. The number of benzene rings is 3. The number of nitrogens with one attached hydrogen (secondary N) is 1. The molecule has 2 amide bonds. The van der Waals surface area contributed by atoms with Crippen molar-refractivity contribution in [2.75, 3.05) is 5.32 Å². The fraction of sp³-hybridized carbons (Fsp3) is 0.290. The second kappa shape index (κ2) is 9.79. The van der Waals surface area contributed by atoms with Gasteiger partial charge in [-0.2, -0.15) is 0 Å². The lowest BCUT2D eigenvalue weighted by atomic mass is 9.75. The van der Waals surface area contributed by atoms with E-state index in [1.54, 1.807) is 24.3 Å². The molecule has 1 N–H and O–H groups in total. The predicted octanol–water partition coefficient (Wildman–Crippen LogP) is 8.18. The van der Waals surface area contributed by atoms with Gasteiger partial charge in [-0.15, -0.1) is 0 Å². The molecule has 1 atom stereocenters. The molecule has 1 heterocycles. The van der Waals surface area contributed by atoms with Crippen molar-refractivity contribution in [3.05, 3.63) is 107 Å². The molecule has 1 aromatic heterocycles. The molecule has 1 unspecified atom stereocenters. The molecule has 6 heteroatoms. The molecule has 0 radical (unpaired) electrons. The van der Waals surface area contributed by atoms with Crippen LogP contribution in [0.3, 0.4) is 0 Å². The molecule has 0 bridgehead atoms. The van der Waals surface area contributed by atoms with Gasteiger partial charge in [-0.25, -0.2) is 9.18 Å². The molecule has 2 fully saturated rings. The number of carbonyl (C=O) groups is 1. The van der Waals surface area contributed by atoms with E-state index in [-0.39, 0.29) is 23.3 Å². The number of aromatic nitrogens is 1. The summed E-state index contributed by atoms with van der Waals surface area (Å²) in [6, 6.07) is 24.4. The van der Waals surface area contributed by atoms with Gasteiger partial charge >= 0.3 is 6.03 Å². The maximum absolute atomic E-state index is 14.0. The Labute approximate surface area is 221 Å². The summed E-state index contributed by atoms with van der Waals surface area (Å²) in [6.07, 6.45) is 7.03. The average Bonchev–Trinajstić information content (AvgIpc) is 3.61. The number of halogens is 2. The molecule has 3 aromatic carbocycles. The van der Waals surface area contributed by atoms with Crippen LogP contribution < -0.4 is 5.32 Å². The van der Waals surface area contributed by atoms with Crippen molar-refractivity contribution in [3.63, 3.8) is 0 Å². The maximum Gasteiger partial charge on any atom is 0.322 e. The summed E-state index contributed by atoms with van der Waals surface area (Å²) in [5.74, 6) is 0.157. The highest BCUT2D eigenvalue weighted by Crippen LogP contribution is 2.61. The summed E-state index contributed by atoms with van der Waals surface area (Å²) in [4.78, 5) is 20.0. The van der Waals surface area contributed by atoms with E-state index >= 15 is 0 Å². The van der Waals surface area contributed by atoms with Crippen LogP contribution in [0, 0.1) is 11.2 Å². The Morgan fingerprint density at radius 2 is 1.78 bits per heavy atom. The number of nitrogens with zero attached hydrogens (tertiary/aromatic N) is 2. The molecular weight excluding hydrogens is 485 g/mol. The first kappa shape index (κ1) is 23.9. The van der Waals surface area contributed by atoms with Crippen LogP contribution in [0.1, 0.15) is 49.1 Å². The van der Waals surface area contributed by atoms with Crippen LogP contribution in [0.15, 0.2) is 85.1 Å². The van der Waals surface area contributed by atoms with Crippen molar-refractivity contribution in [2.45, 2.75) is 50.6 Å². The Morgan fingerprint density at radius 1 is 1.03 bits per heavy atom. The minimum absolute atomic E-state index is 0.0780. The number of hydrogen-bond donors (Lipinski definition) is 1. The zero-order valence-electron chi connectivity index (χ0n) is 20.5. The van der Waals surface area contributed by atoms with E-state index < -0.39 is 0 Å². The minimum Gasteiger partial charge on any atom is -0.317 e. The Morgan fingerprint density at radius 3 is 2.54 bits per heavy atom. The second-order valence-corrected chi connectivity index (χ2v) is 10.9. The van der Waals surface area contributed by atoms with Gasteiger partial charge in [0.05, 0.1) is 5.52 Å². The van der Waals surface area contributed by atoms with E-state index in [0.29, 0.717) is 17.5 Å². The van der Waals surface area contributed by atoms with Crippen LogP contribution in [0.5, 0.6) is 0 Å². The van der Waals surface area contributed by atoms with Gasteiger partial charge in [-0.3, -0.25) is 4.98 Å². The number of fused-ring (bicyclic) bond motifs is 1. The topological polar surface area (TPSA) is 45.2 Å². The van der Waals surface area contributed by atoms with Gasteiger partial charge in [0.15, 0.2) is 0 Å². The summed E-state index contributed by atoms with van der Waals surface area (Å²) in [5.41, 5.74) is 4.04. The third kappa shape index (κ3) is 4.93. The zero-order chi connectivity index (χ0) is 25.4. The summed E-state index contributed by atoms with van der Waals surface area (Å²) in [5, 5.41) is 4.64. The quantitative estimate of drug-likeness (QED) is 0.292. The minimum atomic E-state index is -0.223. The Hall–Kier alpha value is -3.44. The summed E-state index contributed by atoms with van der Waals surface area (Å²) >= 11 is 6.03. The fourth-order valence-electron chi connectivity index (χ4n) is 6.14.